The third-order valence-electron chi connectivity index (χ3n) is 2.45. The average molecular weight is 219 g/mol. The van der Waals surface area contributed by atoms with Gasteiger partial charge in [-0.1, -0.05) is 0 Å². The number of hydrogen-bond acceptors (Lipinski definition) is 4. The van der Waals surface area contributed by atoms with Crippen LogP contribution in [0.2, 0.25) is 0 Å². The van der Waals surface area contributed by atoms with E-state index in [1.807, 2.05) is 30.9 Å². The average Bonchev–Trinajstić information content (AvgIpc) is 2.25. The Morgan fingerprint density at radius 3 is 2.62 bits per heavy atom. The highest BCUT2D eigenvalue weighted by atomic mass is 16.3. The number of aliphatic hydroxyl groups excluding tert-OH is 1. The predicted molar refractivity (Wildman–Crippen MR) is 65.1 cm³/mol. The van der Waals surface area contributed by atoms with Crippen LogP contribution in [0.15, 0.2) is 18.2 Å². The topological polar surface area (TPSA) is 73.3 Å². The smallest absolute Gasteiger partial charge is 0.101 e. The van der Waals surface area contributed by atoms with Gasteiger partial charge in [0.2, 0.25) is 0 Å². The van der Waals surface area contributed by atoms with E-state index in [1.54, 1.807) is 12.1 Å². The highest BCUT2D eigenvalue weighted by molar-refractivity contribution is 5.63. The molecule has 0 heterocycles. The van der Waals surface area contributed by atoms with Crippen LogP contribution >= 0.6 is 0 Å². The third-order valence-corrected chi connectivity index (χ3v) is 2.45. The second-order valence-corrected chi connectivity index (χ2v) is 3.89. The number of aliphatic hydroxyl groups is 1. The lowest BCUT2D eigenvalue weighted by Gasteiger charge is -2.28. The summed E-state index contributed by atoms with van der Waals surface area (Å²) >= 11 is 0. The second kappa shape index (κ2) is 5.38. The van der Waals surface area contributed by atoms with Crippen LogP contribution in [0.4, 0.5) is 11.4 Å². The zero-order valence-corrected chi connectivity index (χ0v) is 9.64. The first-order chi connectivity index (χ1) is 7.60. The van der Waals surface area contributed by atoms with Crippen LogP contribution in [0, 0.1) is 11.3 Å². The maximum Gasteiger partial charge on any atom is 0.101 e. The molecule has 0 fully saturated rings. The van der Waals surface area contributed by atoms with Crippen molar-refractivity contribution in [3.8, 4) is 6.07 Å². The van der Waals surface area contributed by atoms with Crippen molar-refractivity contribution in [1.29, 1.82) is 5.26 Å². The van der Waals surface area contributed by atoms with E-state index in [4.69, 9.17) is 16.1 Å². The van der Waals surface area contributed by atoms with Crippen molar-refractivity contribution < 1.29 is 5.11 Å². The van der Waals surface area contributed by atoms with Gasteiger partial charge in [0.25, 0.3) is 0 Å². The van der Waals surface area contributed by atoms with Crippen molar-refractivity contribution in [2.24, 2.45) is 0 Å². The number of benzene rings is 1. The van der Waals surface area contributed by atoms with E-state index in [2.05, 4.69) is 0 Å². The lowest BCUT2D eigenvalue weighted by Crippen LogP contribution is -2.33. The number of rotatable bonds is 4. The van der Waals surface area contributed by atoms with Gasteiger partial charge in [-0.05, 0) is 32.0 Å². The molecule has 0 radical (unpaired) electrons. The van der Waals surface area contributed by atoms with Crippen LogP contribution in [-0.2, 0) is 0 Å². The Labute approximate surface area is 95.9 Å². The lowest BCUT2D eigenvalue weighted by atomic mass is 10.1. The predicted octanol–water partition coefficient (Wildman–Crippen LogP) is 1.35. The zero-order chi connectivity index (χ0) is 12.1. The molecule has 3 N–H and O–H groups in total. The van der Waals surface area contributed by atoms with Gasteiger partial charge >= 0.3 is 0 Å². The first-order valence-electron chi connectivity index (χ1n) is 5.27. The number of nitrogen functional groups attached to an aromatic ring is 1. The van der Waals surface area contributed by atoms with E-state index < -0.39 is 0 Å². The summed E-state index contributed by atoms with van der Waals surface area (Å²) in [5.41, 5.74) is 7.64. The first kappa shape index (κ1) is 12.3. The first-order valence-corrected chi connectivity index (χ1v) is 5.27. The highest BCUT2D eigenvalue weighted by Crippen LogP contribution is 2.22. The lowest BCUT2D eigenvalue weighted by molar-refractivity contribution is 0.299. The Hall–Kier alpha value is -1.73. The van der Waals surface area contributed by atoms with Crippen LogP contribution in [0.1, 0.15) is 19.4 Å². The number of hydrogen-bond donors (Lipinski definition) is 2. The van der Waals surface area contributed by atoms with Gasteiger partial charge in [0.1, 0.15) is 6.07 Å². The monoisotopic (exact) mass is 219 g/mol. The molecule has 0 saturated heterocycles. The molecule has 0 aliphatic rings. The fraction of sp³-hybridized carbons (Fsp3) is 0.417. The fourth-order valence-corrected chi connectivity index (χ4v) is 1.62. The van der Waals surface area contributed by atoms with E-state index in [-0.39, 0.29) is 12.6 Å². The SMILES string of the molecule is CC(C)N(CCO)c1ccc(C#N)c(N)c1. The van der Waals surface area contributed by atoms with Crippen molar-refractivity contribution >= 4 is 11.4 Å². The molecule has 4 heteroatoms. The van der Waals surface area contributed by atoms with Crippen LogP contribution in [0.25, 0.3) is 0 Å². The zero-order valence-electron chi connectivity index (χ0n) is 9.64. The van der Waals surface area contributed by atoms with E-state index in [1.165, 1.54) is 0 Å². The van der Waals surface area contributed by atoms with Crippen LogP contribution < -0.4 is 10.6 Å². The Bertz CT molecular complexity index is 396. The van der Waals surface area contributed by atoms with Crippen molar-refractivity contribution in [2.75, 3.05) is 23.8 Å². The van der Waals surface area contributed by atoms with Gasteiger partial charge in [0.15, 0.2) is 0 Å². The van der Waals surface area contributed by atoms with Gasteiger partial charge in [0, 0.05) is 18.3 Å². The molecule has 0 unspecified atom stereocenters. The molecule has 0 aliphatic carbocycles. The standard InChI is InChI=1S/C12H17N3O/c1-9(2)15(5-6-16)11-4-3-10(8-13)12(14)7-11/h3-4,7,9,16H,5-6,14H2,1-2H3. The van der Waals surface area contributed by atoms with Crippen molar-refractivity contribution in [3.63, 3.8) is 0 Å². The third kappa shape index (κ3) is 2.65. The molecule has 0 aromatic heterocycles. The minimum absolute atomic E-state index is 0.0953. The number of nitrogens with two attached hydrogens (primary N) is 1. The summed E-state index contributed by atoms with van der Waals surface area (Å²) in [6.07, 6.45) is 0. The minimum Gasteiger partial charge on any atom is -0.398 e. The maximum absolute atomic E-state index is 8.99. The molecular weight excluding hydrogens is 202 g/mol. The molecule has 0 atom stereocenters. The molecule has 0 amide bonds. The van der Waals surface area contributed by atoms with E-state index in [0.29, 0.717) is 17.8 Å². The molecule has 1 aromatic rings. The van der Waals surface area contributed by atoms with E-state index in [0.717, 1.165) is 5.69 Å². The molecule has 4 nitrogen and oxygen atoms in total. The summed E-state index contributed by atoms with van der Waals surface area (Å²) in [6.45, 7) is 4.75. The molecule has 0 spiro atoms. The highest BCUT2D eigenvalue weighted by Gasteiger charge is 2.11. The Morgan fingerprint density at radius 1 is 1.50 bits per heavy atom. The van der Waals surface area contributed by atoms with E-state index >= 15 is 0 Å². The summed E-state index contributed by atoms with van der Waals surface area (Å²) < 4.78 is 0. The van der Waals surface area contributed by atoms with Gasteiger partial charge in [-0.2, -0.15) is 5.26 Å². The quantitative estimate of drug-likeness (QED) is 0.750. The van der Waals surface area contributed by atoms with Crippen LogP contribution in [-0.4, -0.2) is 24.3 Å². The maximum atomic E-state index is 8.99. The van der Waals surface area contributed by atoms with E-state index in [9.17, 15) is 0 Å². The molecule has 1 rings (SSSR count). The Kier molecular flexibility index (Phi) is 4.15. The van der Waals surface area contributed by atoms with Crippen LogP contribution in [0.3, 0.4) is 0 Å². The Morgan fingerprint density at radius 2 is 2.19 bits per heavy atom. The fourth-order valence-electron chi connectivity index (χ4n) is 1.62. The molecule has 0 saturated carbocycles. The Balaban J connectivity index is 3.03. The van der Waals surface area contributed by atoms with Gasteiger partial charge in [-0.25, -0.2) is 0 Å². The van der Waals surface area contributed by atoms with Crippen molar-refractivity contribution in [3.05, 3.63) is 23.8 Å². The minimum atomic E-state index is 0.0953. The van der Waals surface area contributed by atoms with Gasteiger partial charge < -0.3 is 15.7 Å². The summed E-state index contributed by atoms with van der Waals surface area (Å²) in [6, 6.07) is 7.64. The van der Waals surface area contributed by atoms with Crippen LogP contribution in [0.5, 0.6) is 0 Å². The molecule has 0 aliphatic heterocycles. The van der Waals surface area contributed by atoms with Crippen molar-refractivity contribution in [2.45, 2.75) is 19.9 Å². The summed E-state index contributed by atoms with van der Waals surface area (Å²) in [5, 5.41) is 17.8. The summed E-state index contributed by atoms with van der Waals surface area (Å²) in [5.74, 6) is 0. The molecule has 16 heavy (non-hydrogen) atoms. The molecule has 0 bridgehead atoms. The van der Waals surface area contributed by atoms with Crippen molar-refractivity contribution in [1.82, 2.24) is 0 Å². The normalized spacial score (nSPS) is 10.2. The number of nitrogens with zero attached hydrogens (tertiary/aromatic N) is 2. The van der Waals surface area contributed by atoms with Gasteiger partial charge in [-0.3, -0.25) is 0 Å². The molecule has 1 aromatic carbocycles. The largest absolute Gasteiger partial charge is 0.398 e. The molecular formula is C12H17N3O. The molecule has 86 valence electrons. The van der Waals surface area contributed by atoms with Gasteiger partial charge in [0.05, 0.1) is 17.9 Å². The summed E-state index contributed by atoms with van der Waals surface area (Å²) in [4.78, 5) is 2.04. The number of anilines is 2. The second-order valence-electron chi connectivity index (χ2n) is 3.89. The van der Waals surface area contributed by atoms with Gasteiger partial charge in [-0.15, -0.1) is 0 Å². The number of nitriles is 1. The summed E-state index contributed by atoms with van der Waals surface area (Å²) in [7, 11) is 0.